The lowest BCUT2D eigenvalue weighted by Gasteiger charge is -2.11. The highest BCUT2D eigenvalue weighted by atomic mass is 16.5. The van der Waals surface area contributed by atoms with Gasteiger partial charge in [0.15, 0.2) is 0 Å². The number of ether oxygens (including phenoxy) is 1. The van der Waals surface area contributed by atoms with Crippen molar-refractivity contribution in [2.75, 3.05) is 7.11 Å². The molecule has 0 unspecified atom stereocenters. The standard InChI is InChI=1S/C15H20N2O3/c1-20-13-8-4-5-11(9-13)10-16-14(18)15(19)17-12-6-2-3-7-12/h4-5,8-9,12H,2-3,6-7,10H2,1H3,(H,16,18)(H,17,19). The summed E-state index contributed by atoms with van der Waals surface area (Å²) in [6.07, 6.45) is 4.18. The molecule has 5 nitrogen and oxygen atoms in total. The molecule has 0 aliphatic heterocycles. The van der Waals surface area contributed by atoms with E-state index in [1.165, 1.54) is 0 Å². The van der Waals surface area contributed by atoms with E-state index in [0.29, 0.717) is 6.54 Å². The Bertz CT molecular complexity index is 482. The number of amides is 2. The lowest BCUT2D eigenvalue weighted by molar-refractivity contribution is -0.139. The van der Waals surface area contributed by atoms with Crippen molar-refractivity contribution >= 4 is 11.8 Å². The van der Waals surface area contributed by atoms with E-state index in [4.69, 9.17) is 4.74 Å². The van der Waals surface area contributed by atoms with Crippen LogP contribution in [0.4, 0.5) is 0 Å². The Hall–Kier alpha value is -2.04. The predicted molar refractivity (Wildman–Crippen MR) is 75.2 cm³/mol. The smallest absolute Gasteiger partial charge is 0.309 e. The predicted octanol–water partition coefficient (Wildman–Crippen LogP) is 1.37. The molecule has 0 aromatic heterocycles. The van der Waals surface area contributed by atoms with Gasteiger partial charge >= 0.3 is 11.8 Å². The maximum atomic E-state index is 11.7. The van der Waals surface area contributed by atoms with Crippen LogP contribution in [-0.4, -0.2) is 25.0 Å². The van der Waals surface area contributed by atoms with Crippen molar-refractivity contribution in [2.24, 2.45) is 0 Å². The molecule has 5 heteroatoms. The van der Waals surface area contributed by atoms with E-state index in [1.807, 2.05) is 24.3 Å². The quantitative estimate of drug-likeness (QED) is 0.816. The minimum Gasteiger partial charge on any atom is -0.497 e. The third-order valence-corrected chi connectivity index (χ3v) is 3.48. The van der Waals surface area contributed by atoms with Crippen LogP contribution in [0.15, 0.2) is 24.3 Å². The number of nitrogens with one attached hydrogen (secondary N) is 2. The van der Waals surface area contributed by atoms with Crippen molar-refractivity contribution in [2.45, 2.75) is 38.3 Å². The SMILES string of the molecule is COc1cccc(CNC(=O)C(=O)NC2CCCC2)c1. The molecule has 0 heterocycles. The van der Waals surface area contributed by atoms with E-state index in [1.54, 1.807) is 7.11 Å². The number of rotatable bonds is 4. The van der Waals surface area contributed by atoms with E-state index in [2.05, 4.69) is 10.6 Å². The fourth-order valence-electron chi connectivity index (χ4n) is 2.37. The Morgan fingerprint density at radius 1 is 1.25 bits per heavy atom. The molecule has 1 aromatic carbocycles. The Morgan fingerprint density at radius 2 is 2.00 bits per heavy atom. The first-order valence-corrected chi connectivity index (χ1v) is 6.90. The van der Waals surface area contributed by atoms with E-state index >= 15 is 0 Å². The van der Waals surface area contributed by atoms with E-state index in [9.17, 15) is 9.59 Å². The van der Waals surface area contributed by atoms with Gasteiger partial charge in [0.25, 0.3) is 0 Å². The molecule has 0 saturated heterocycles. The minimum absolute atomic E-state index is 0.157. The molecule has 0 bridgehead atoms. The maximum Gasteiger partial charge on any atom is 0.309 e. The van der Waals surface area contributed by atoms with Crippen LogP contribution in [0.2, 0.25) is 0 Å². The maximum absolute atomic E-state index is 11.7. The van der Waals surface area contributed by atoms with Crippen LogP contribution in [0.3, 0.4) is 0 Å². The molecule has 1 fully saturated rings. The summed E-state index contributed by atoms with van der Waals surface area (Å²) < 4.78 is 5.11. The first-order chi connectivity index (χ1) is 9.69. The van der Waals surface area contributed by atoms with Crippen molar-refractivity contribution in [3.63, 3.8) is 0 Å². The molecule has 1 aromatic rings. The Labute approximate surface area is 118 Å². The fraction of sp³-hybridized carbons (Fsp3) is 0.467. The molecule has 1 saturated carbocycles. The number of methoxy groups -OCH3 is 1. The molecule has 0 atom stereocenters. The third kappa shape index (κ3) is 3.98. The first kappa shape index (κ1) is 14.4. The molecule has 1 aliphatic carbocycles. The van der Waals surface area contributed by atoms with Crippen LogP contribution in [0.5, 0.6) is 5.75 Å². The van der Waals surface area contributed by atoms with Gasteiger partial charge in [-0.1, -0.05) is 25.0 Å². The number of carbonyl (C=O) groups is 2. The van der Waals surface area contributed by atoms with Gasteiger partial charge in [-0.15, -0.1) is 0 Å². The van der Waals surface area contributed by atoms with Crippen LogP contribution in [0.25, 0.3) is 0 Å². The molecular weight excluding hydrogens is 256 g/mol. The number of benzene rings is 1. The molecule has 1 aliphatic rings. The van der Waals surface area contributed by atoms with Crippen molar-refractivity contribution in [1.82, 2.24) is 10.6 Å². The van der Waals surface area contributed by atoms with Crippen LogP contribution in [0, 0.1) is 0 Å². The Kier molecular flexibility index (Phi) is 4.98. The second-order valence-electron chi connectivity index (χ2n) is 4.99. The highest BCUT2D eigenvalue weighted by Crippen LogP contribution is 2.17. The lowest BCUT2D eigenvalue weighted by Crippen LogP contribution is -2.43. The zero-order valence-electron chi connectivity index (χ0n) is 11.6. The fourth-order valence-corrected chi connectivity index (χ4v) is 2.37. The summed E-state index contributed by atoms with van der Waals surface area (Å²) >= 11 is 0. The van der Waals surface area contributed by atoms with Crippen LogP contribution in [-0.2, 0) is 16.1 Å². The summed E-state index contributed by atoms with van der Waals surface area (Å²) in [7, 11) is 1.59. The van der Waals surface area contributed by atoms with Gasteiger partial charge in [-0.25, -0.2) is 0 Å². The van der Waals surface area contributed by atoms with Gasteiger partial charge in [-0.2, -0.15) is 0 Å². The minimum atomic E-state index is -0.584. The van der Waals surface area contributed by atoms with Crippen molar-refractivity contribution in [1.29, 1.82) is 0 Å². The number of carbonyl (C=O) groups excluding carboxylic acids is 2. The Morgan fingerprint density at radius 3 is 2.70 bits per heavy atom. The largest absolute Gasteiger partial charge is 0.497 e. The molecule has 0 radical (unpaired) electrons. The normalized spacial score (nSPS) is 14.8. The lowest BCUT2D eigenvalue weighted by atomic mass is 10.2. The second kappa shape index (κ2) is 6.93. The van der Waals surface area contributed by atoms with Gasteiger partial charge in [0.2, 0.25) is 0 Å². The highest BCUT2D eigenvalue weighted by molar-refractivity contribution is 6.35. The van der Waals surface area contributed by atoms with Crippen LogP contribution >= 0.6 is 0 Å². The van der Waals surface area contributed by atoms with Gasteiger partial charge in [0.05, 0.1) is 7.11 Å². The molecule has 2 N–H and O–H groups in total. The molecule has 20 heavy (non-hydrogen) atoms. The van der Waals surface area contributed by atoms with Gasteiger partial charge in [-0.05, 0) is 30.5 Å². The average molecular weight is 276 g/mol. The second-order valence-corrected chi connectivity index (χ2v) is 4.99. The summed E-state index contributed by atoms with van der Waals surface area (Å²) in [5.41, 5.74) is 0.895. The number of hydrogen-bond acceptors (Lipinski definition) is 3. The van der Waals surface area contributed by atoms with Gasteiger partial charge in [0.1, 0.15) is 5.75 Å². The summed E-state index contributed by atoms with van der Waals surface area (Å²) in [5, 5.41) is 5.38. The van der Waals surface area contributed by atoms with Gasteiger partial charge in [0, 0.05) is 12.6 Å². The molecule has 108 valence electrons. The summed E-state index contributed by atoms with van der Waals surface area (Å²) in [4.78, 5) is 23.4. The van der Waals surface area contributed by atoms with E-state index in [0.717, 1.165) is 37.0 Å². The number of hydrogen-bond donors (Lipinski definition) is 2. The van der Waals surface area contributed by atoms with Crippen LogP contribution in [0.1, 0.15) is 31.2 Å². The zero-order chi connectivity index (χ0) is 14.4. The van der Waals surface area contributed by atoms with Crippen LogP contribution < -0.4 is 15.4 Å². The topological polar surface area (TPSA) is 67.4 Å². The molecule has 2 rings (SSSR count). The third-order valence-electron chi connectivity index (χ3n) is 3.48. The summed E-state index contributed by atoms with van der Waals surface area (Å²) in [6, 6.07) is 7.54. The first-order valence-electron chi connectivity index (χ1n) is 6.90. The summed E-state index contributed by atoms with van der Waals surface area (Å²) in [5.74, 6) is -0.397. The zero-order valence-corrected chi connectivity index (χ0v) is 11.6. The Balaban J connectivity index is 1.80. The van der Waals surface area contributed by atoms with Crippen molar-refractivity contribution in [3.05, 3.63) is 29.8 Å². The van der Waals surface area contributed by atoms with Crippen molar-refractivity contribution in [3.8, 4) is 5.75 Å². The molecule has 0 spiro atoms. The van der Waals surface area contributed by atoms with Crippen molar-refractivity contribution < 1.29 is 14.3 Å². The monoisotopic (exact) mass is 276 g/mol. The molecule has 2 amide bonds. The van der Waals surface area contributed by atoms with Gasteiger partial charge < -0.3 is 15.4 Å². The average Bonchev–Trinajstić information content (AvgIpc) is 2.97. The van der Waals surface area contributed by atoms with E-state index < -0.39 is 11.8 Å². The highest BCUT2D eigenvalue weighted by Gasteiger charge is 2.21. The van der Waals surface area contributed by atoms with Gasteiger partial charge in [-0.3, -0.25) is 9.59 Å². The summed E-state index contributed by atoms with van der Waals surface area (Å²) in [6.45, 7) is 0.314. The van der Waals surface area contributed by atoms with E-state index in [-0.39, 0.29) is 6.04 Å². The molecular formula is C15H20N2O3.